The first-order valence-electron chi connectivity index (χ1n) is 6.64. The van der Waals surface area contributed by atoms with Crippen molar-refractivity contribution in [2.24, 2.45) is 5.92 Å². The quantitative estimate of drug-likeness (QED) is 0.869. The van der Waals surface area contributed by atoms with Gasteiger partial charge in [-0.1, -0.05) is 15.9 Å². The van der Waals surface area contributed by atoms with Gasteiger partial charge in [-0.3, -0.25) is 4.79 Å². The second kappa shape index (κ2) is 5.13. The molecule has 2 unspecified atom stereocenters. The number of anilines is 1. The van der Waals surface area contributed by atoms with Crippen LogP contribution in [0, 0.1) is 5.92 Å². The fraction of sp³-hybridized carbons (Fsp3) is 0.500. The minimum atomic E-state index is 0.0179. The van der Waals surface area contributed by atoms with Gasteiger partial charge in [0.1, 0.15) is 0 Å². The maximum Gasteiger partial charge on any atom is 0.225 e. The van der Waals surface area contributed by atoms with Gasteiger partial charge in [0.2, 0.25) is 5.91 Å². The molecule has 19 heavy (non-hydrogen) atoms. The number of nitrogens with zero attached hydrogens (tertiary/aromatic N) is 1. The fourth-order valence-corrected chi connectivity index (χ4v) is 3.62. The molecule has 2 atom stereocenters. The lowest BCUT2D eigenvalue weighted by atomic mass is 9.90. The number of rotatable bonds is 2. The van der Waals surface area contributed by atoms with Crippen molar-refractivity contribution in [1.29, 1.82) is 0 Å². The molecular weight excluding hydrogens is 308 g/mol. The van der Waals surface area contributed by atoms with Gasteiger partial charge < -0.3 is 15.3 Å². The molecule has 2 saturated heterocycles. The van der Waals surface area contributed by atoms with E-state index in [1.54, 1.807) is 0 Å². The molecule has 0 spiro atoms. The second-order valence-electron chi connectivity index (χ2n) is 5.19. The van der Waals surface area contributed by atoms with Gasteiger partial charge in [0.05, 0.1) is 18.6 Å². The van der Waals surface area contributed by atoms with E-state index >= 15 is 0 Å². The van der Waals surface area contributed by atoms with Crippen LogP contribution in [-0.4, -0.2) is 30.1 Å². The number of carbonyl (C=O) groups excluding carboxylic acids is 1. The van der Waals surface area contributed by atoms with Gasteiger partial charge in [0.15, 0.2) is 0 Å². The first kappa shape index (κ1) is 12.9. The monoisotopic (exact) mass is 324 g/mol. The molecule has 1 aromatic carbocycles. The molecule has 1 amide bonds. The SMILES string of the molecule is O=C1NCC2C1CCCN2c1ccc(Br)cc1CO. The third-order valence-electron chi connectivity index (χ3n) is 4.12. The molecule has 5 heteroatoms. The predicted octanol–water partition coefficient (Wildman–Crippen LogP) is 1.66. The van der Waals surface area contributed by atoms with Crippen molar-refractivity contribution < 1.29 is 9.90 Å². The molecule has 0 aromatic heterocycles. The van der Waals surface area contributed by atoms with E-state index in [0.29, 0.717) is 6.54 Å². The molecule has 2 aliphatic rings. The fourth-order valence-electron chi connectivity index (χ4n) is 3.21. The van der Waals surface area contributed by atoms with Crippen molar-refractivity contribution in [3.63, 3.8) is 0 Å². The first-order valence-corrected chi connectivity index (χ1v) is 7.43. The Kier molecular flexibility index (Phi) is 3.50. The molecule has 2 heterocycles. The molecule has 2 fully saturated rings. The Labute approximate surface area is 120 Å². The Hall–Kier alpha value is -1.07. The van der Waals surface area contributed by atoms with E-state index in [1.807, 2.05) is 18.2 Å². The summed E-state index contributed by atoms with van der Waals surface area (Å²) in [5, 5.41) is 12.5. The smallest absolute Gasteiger partial charge is 0.225 e. The molecule has 4 nitrogen and oxygen atoms in total. The molecule has 102 valence electrons. The van der Waals surface area contributed by atoms with Crippen LogP contribution >= 0.6 is 15.9 Å². The summed E-state index contributed by atoms with van der Waals surface area (Å²) >= 11 is 3.43. The van der Waals surface area contributed by atoms with Gasteiger partial charge in [-0.25, -0.2) is 0 Å². The maximum absolute atomic E-state index is 11.8. The Morgan fingerprint density at radius 1 is 1.47 bits per heavy atom. The van der Waals surface area contributed by atoms with Gasteiger partial charge in [0.25, 0.3) is 0 Å². The Bertz CT molecular complexity index is 506. The predicted molar refractivity (Wildman–Crippen MR) is 76.9 cm³/mol. The number of fused-ring (bicyclic) bond motifs is 1. The van der Waals surface area contributed by atoms with Crippen molar-refractivity contribution >= 4 is 27.5 Å². The third kappa shape index (κ3) is 2.25. The van der Waals surface area contributed by atoms with Gasteiger partial charge >= 0.3 is 0 Å². The Balaban J connectivity index is 1.95. The third-order valence-corrected chi connectivity index (χ3v) is 4.62. The average molecular weight is 325 g/mol. The highest BCUT2D eigenvalue weighted by Gasteiger charge is 2.41. The summed E-state index contributed by atoms with van der Waals surface area (Å²) in [5.41, 5.74) is 1.96. The number of benzene rings is 1. The molecule has 3 rings (SSSR count). The summed E-state index contributed by atoms with van der Waals surface area (Å²) in [6.07, 6.45) is 1.99. The number of carbonyl (C=O) groups is 1. The zero-order chi connectivity index (χ0) is 13.4. The zero-order valence-electron chi connectivity index (χ0n) is 10.6. The molecule has 0 saturated carbocycles. The summed E-state index contributed by atoms with van der Waals surface area (Å²) in [7, 11) is 0. The molecule has 0 bridgehead atoms. The lowest BCUT2D eigenvalue weighted by molar-refractivity contribution is -0.122. The number of hydrogen-bond donors (Lipinski definition) is 2. The number of halogens is 1. The maximum atomic E-state index is 11.8. The van der Waals surface area contributed by atoms with Gasteiger partial charge in [-0.05, 0) is 31.0 Å². The average Bonchev–Trinajstić information content (AvgIpc) is 2.81. The van der Waals surface area contributed by atoms with Crippen LogP contribution in [0.25, 0.3) is 0 Å². The van der Waals surface area contributed by atoms with Crippen LogP contribution in [0.5, 0.6) is 0 Å². The number of hydrogen-bond acceptors (Lipinski definition) is 3. The molecule has 0 radical (unpaired) electrons. The molecular formula is C14H17BrN2O2. The number of aliphatic hydroxyl groups is 1. The molecule has 2 N–H and O–H groups in total. The molecule has 1 aromatic rings. The summed E-state index contributed by atoms with van der Waals surface area (Å²) in [4.78, 5) is 14.1. The van der Waals surface area contributed by atoms with Crippen molar-refractivity contribution in [1.82, 2.24) is 5.32 Å². The van der Waals surface area contributed by atoms with E-state index in [1.165, 1.54) is 0 Å². The van der Waals surface area contributed by atoms with E-state index < -0.39 is 0 Å². The van der Waals surface area contributed by atoms with Crippen LogP contribution in [-0.2, 0) is 11.4 Å². The normalized spacial score (nSPS) is 26.2. The lowest BCUT2D eigenvalue weighted by Crippen LogP contribution is -2.46. The van der Waals surface area contributed by atoms with Gasteiger partial charge in [-0.15, -0.1) is 0 Å². The summed E-state index contributed by atoms with van der Waals surface area (Å²) in [6, 6.07) is 6.19. The van der Waals surface area contributed by atoms with E-state index in [2.05, 4.69) is 26.1 Å². The molecule has 2 aliphatic heterocycles. The van der Waals surface area contributed by atoms with Crippen LogP contribution < -0.4 is 10.2 Å². The second-order valence-corrected chi connectivity index (χ2v) is 6.10. The van der Waals surface area contributed by atoms with Crippen molar-refractivity contribution in [2.45, 2.75) is 25.5 Å². The highest BCUT2D eigenvalue weighted by atomic mass is 79.9. The zero-order valence-corrected chi connectivity index (χ0v) is 12.2. The van der Waals surface area contributed by atoms with Gasteiger partial charge in [0, 0.05) is 28.8 Å². The van der Waals surface area contributed by atoms with E-state index in [4.69, 9.17) is 0 Å². The van der Waals surface area contributed by atoms with Crippen LogP contribution in [0.2, 0.25) is 0 Å². The highest BCUT2D eigenvalue weighted by Crippen LogP contribution is 2.34. The topological polar surface area (TPSA) is 52.6 Å². The van der Waals surface area contributed by atoms with E-state index in [0.717, 1.165) is 35.1 Å². The largest absolute Gasteiger partial charge is 0.392 e. The van der Waals surface area contributed by atoms with Crippen molar-refractivity contribution in [3.05, 3.63) is 28.2 Å². The van der Waals surface area contributed by atoms with Crippen LogP contribution in [0.1, 0.15) is 18.4 Å². The van der Waals surface area contributed by atoms with Crippen molar-refractivity contribution in [3.8, 4) is 0 Å². The lowest BCUT2D eigenvalue weighted by Gasteiger charge is -2.38. The van der Waals surface area contributed by atoms with Crippen LogP contribution in [0.4, 0.5) is 5.69 Å². The Morgan fingerprint density at radius 2 is 2.32 bits per heavy atom. The number of aliphatic hydroxyl groups excluding tert-OH is 1. The summed E-state index contributed by atoms with van der Waals surface area (Å²) in [5.74, 6) is 0.279. The van der Waals surface area contributed by atoms with E-state index in [9.17, 15) is 9.90 Å². The number of nitrogens with one attached hydrogen (secondary N) is 1. The van der Waals surface area contributed by atoms with Gasteiger partial charge in [-0.2, -0.15) is 0 Å². The minimum Gasteiger partial charge on any atom is -0.392 e. The summed E-state index contributed by atoms with van der Waals surface area (Å²) < 4.78 is 0.967. The Morgan fingerprint density at radius 3 is 3.11 bits per heavy atom. The van der Waals surface area contributed by atoms with Crippen LogP contribution in [0.15, 0.2) is 22.7 Å². The number of piperidine rings is 1. The molecule has 0 aliphatic carbocycles. The minimum absolute atomic E-state index is 0.0179. The van der Waals surface area contributed by atoms with E-state index in [-0.39, 0.29) is 24.5 Å². The first-order chi connectivity index (χ1) is 9.20. The summed E-state index contributed by atoms with van der Waals surface area (Å²) in [6.45, 7) is 1.68. The van der Waals surface area contributed by atoms with Crippen LogP contribution in [0.3, 0.4) is 0 Å². The highest BCUT2D eigenvalue weighted by molar-refractivity contribution is 9.10. The number of amides is 1. The van der Waals surface area contributed by atoms with Crippen molar-refractivity contribution in [2.75, 3.05) is 18.0 Å². The standard InChI is InChI=1S/C14H17BrN2O2/c15-10-3-4-12(9(6-10)8-18)17-5-1-2-11-13(17)7-16-14(11)19/h3-4,6,11,13,18H,1-2,5,7-8H2,(H,16,19).